The van der Waals surface area contributed by atoms with Gasteiger partial charge in [-0.2, -0.15) is 0 Å². The maximum atomic E-state index is 6.10. The van der Waals surface area contributed by atoms with Crippen molar-refractivity contribution < 1.29 is 4.74 Å². The summed E-state index contributed by atoms with van der Waals surface area (Å²) < 4.78 is 6.10. The van der Waals surface area contributed by atoms with E-state index >= 15 is 0 Å². The van der Waals surface area contributed by atoms with E-state index in [0.29, 0.717) is 6.10 Å². The fourth-order valence-electron chi connectivity index (χ4n) is 2.71. The van der Waals surface area contributed by atoms with Crippen LogP contribution in [0.3, 0.4) is 0 Å². The van der Waals surface area contributed by atoms with Crippen LogP contribution in [-0.4, -0.2) is 67.7 Å². The lowest BCUT2D eigenvalue weighted by atomic mass is 10.1. The van der Waals surface area contributed by atoms with Gasteiger partial charge in [-0.05, 0) is 47.0 Å². The number of hydrogen-bond acceptors (Lipinski definition) is 3. The lowest BCUT2D eigenvalue weighted by molar-refractivity contribution is 0.129. The first-order valence-electron chi connectivity index (χ1n) is 9.35. The van der Waals surface area contributed by atoms with Crippen molar-refractivity contribution in [3.05, 3.63) is 30.3 Å². The molecule has 1 fully saturated rings. The van der Waals surface area contributed by atoms with E-state index < -0.39 is 0 Å². The Hall–Kier alpha value is -1.75. The van der Waals surface area contributed by atoms with Gasteiger partial charge >= 0.3 is 0 Å². The molecule has 0 spiro atoms. The van der Waals surface area contributed by atoms with Crippen LogP contribution in [-0.2, 0) is 0 Å². The molecule has 1 saturated heterocycles. The van der Waals surface area contributed by atoms with Gasteiger partial charge in [0, 0.05) is 38.0 Å². The smallest absolute Gasteiger partial charge is 0.193 e. The van der Waals surface area contributed by atoms with E-state index in [1.54, 1.807) is 0 Å². The van der Waals surface area contributed by atoms with E-state index in [1.807, 2.05) is 30.3 Å². The Kier molecular flexibility index (Phi) is 7.12. The summed E-state index contributed by atoms with van der Waals surface area (Å²) in [4.78, 5) is 9.47. The highest BCUT2D eigenvalue weighted by Crippen LogP contribution is 2.19. The number of nitrogens with one attached hydrogen (secondary N) is 1. The van der Waals surface area contributed by atoms with Gasteiger partial charge in [0.1, 0.15) is 11.9 Å². The number of aliphatic imine (C=N–C) groups is 1. The summed E-state index contributed by atoms with van der Waals surface area (Å²) in [6.45, 7) is 10.2. The molecule has 0 unspecified atom stereocenters. The number of ether oxygens (including phenoxy) is 1. The molecule has 0 saturated carbocycles. The maximum absolute atomic E-state index is 6.10. The van der Waals surface area contributed by atoms with E-state index in [9.17, 15) is 0 Å². The summed E-state index contributed by atoms with van der Waals surface area (Å²) in [5, 5.41) is 3.44. The molecule has 1 aliphatic rings. The van der Waals surface area contributed by atoms with Gasteiger partial charge in [0.25, 0.3) is 0 Å². The number of benzene rings is 1. The molecular formula is C20H34N4O. The van der Waals surface area contributed by atoms with Crippen LogP contribution in [0.25, 0.3) is 0 Å². The second-order valence-electron chi connectivity index (χ2n) is 7.49. The van der Waals surface area contributed by atoms with Crippen molar-refractivity contribution in [3.63, 3.8) is 0 Å². The van der Waals surface area contributed by atoms with Crippen LogP contribution in [0.2, 0.25) is 0 Å². The molecule has 0 aliphatic carbocycles. The average Bonchev–Trinajstić information content (AvgIpc) is 2.60. The standard InChI is InChI=1S/C20H34N4O/c1-6-21-19(22-16-20(2,3)23(4)5)24-14-12-18(13-15-24)25-17-10-8-7-9-11-17/h7-11,18H,6,12-16H2,1-5H3,(H,21,22). The highest BCUT2D eigenvalue weighted by Gasteiger charge is 2.24. The number of piperidine rings is 1. The predicted octanol–water partition coefficient (Wildman–Crippen LogP) is 2.84. The predicted molar refractivity (Wildman–Crippen MR) is 105 cm³/mol. The second-order valence-corrected chi connectivity index (χ2v) is 7.49. The fraction of sp³-hybridized carbons (Fsp3) is 0.650. The quantitative estimate of drug-likeness (QED) is 0.635. The van der Waals surface area contributed by atoms with Crippen LogP contribution in [0.1, 0.15) is 33.6 Å². The molecule has 140 valence electrons. The zero-order chi connectivity index (χ0) is 18.3. The molecule has 25 heavy (non-hydrogen) atoms. The first kappa shape index (κ1) is 19.6. The van der Waals surface area contributed by atoms with Gasteiger partial charge < -0.3 is 19.9 Å². The normalized spacial score (nSPS) is 17.0. The van der Waals surface area contributed by atoms with Crippen molar-refractivity contribution in [1.29, 1.82) is 0 Å². The van der Waals surface area contributed by atoms with Crippen molar-refractivity contribution in [1.82, 2.24) is 15.1 Å². The van der Waals surface area contributed by atoms with E-state index in [-0.39, 0.29) is 5.54 Å². The molecule has 1 aromatic carbocycles. The number of hydrogen-bond donors (Lipinski definition) is 1. The molecule has 1 aromatic rings. The molecule has 0 amide bonds. The van der Waals surface area contributed by atoms with Crippen molar-refractivity contribution >= 4 is 5.96 Å². The number of nitrogens with zero attached hydrogens (tertiary/aromatic N) is 3. The van der Waals surface area contributed by atoms with Crippen molar-refractivity contribution in [2.75, 3.05) is 40.3 Å². The zero-order valence-corrected chi connectivity index (χ0v) is 16.5. The van der Waals surface area contributed by atoms with E-state index in [1.165, 1.54) is 0 Å². The van der Waals surface area contributed by atoms with Gasteiger partial charge in [-0.1, -0.05) is 18.2 Å². The Morgan fingerprint density at radius 3 is 2.44 bits per heavy atom. The first-order chi connectivity index (χ1) is 11.9. The number of para-hydroxylation sites is 1. The van der Waals surface area contributed by atoms with E-state index in [4.69, 9.17) is 9.73 Å². The lowest BCUT2D eigenvalue weighted by Crippen LogP contribution is -2.49. The van der Waals surface area contributed by atoms with Crippen LogP contribution in [0.4, 0.5) is 0 Å². The van der Waals surface area contributed by atoms with Crippen molar-refractivity contribution in [3.8, 4) is 5.75 Å². The lowest BCUT2D eigenvalue weighted by Gasteiger charge is -2.36. The highest BCUT2D eigenvalue weighted by atomic mass is 16.5. The van der Waals surface area contributed by atoms with Gasteiger partial charge in [0.2, 0.25) is 0 Å². The molecule has 0 bridgehead atoms. The molecule has 1 N–H and O–H groups in total. The van der Waals surface area contributed by atoms with Crippen LogP contribution < -0.4 is 10.1 Å². The molecule has 2 rings (SSSR count). The van der Waals surface area contributed by atoms with Crippen LogP contribution in [0.15, 0.2) is 35.3 Å². The van der Waals surface area contributed by atoms with Crippen molar-refractivity contribution in [2.24, 2.45) is 4.99 Å². The van der Waals surface area contributed by atoms with Gasteiger partial charge in [-0.25, -0.2) is 0 Å². The zero-order valence-electron chi connectivity index (χ0n) is 16.5. The van der Waals surface area contributed by atoms with Gasteiger partial charge in [-0.15, -0.1) is 0 Å². The Bertz CT molecular complexity index is 534. The first-order valence-corrected chi connectivity index (χ1v) is 9.35. The Labute approximate surface area is 153 Å². The Morgan fingerprint density at radius 2 is 1.88 bits per heavy atom. The summed E-state index contributed by atoms with van der Waals surface area (Å²) in [5.41, 5.74) is 0.0510. The summed E-state index contributed by atoms with van der Waals surface area (Å²) >= 11 is 0. The van der Waals surface area contributed by atoms with Crippen LogP contribution in [0, 0.1) is 0 Å². The Balaban J connectivity index is 1.91. The molecule has 5 nitrogen and oxygen atoms in total. The number of likely N-dealkylation sites (tertiary alicyclic amines) is 1. The third kappa shape index (κ3) is 5.92. The molecule has 0 radical (unpaired) electrons. The SMILES string of the molecule is CCNC(=NCC(C)(C)N(C)C)N1CCC(Oc2ccccc2)CC1. The molecular weight excluding hydrogens is 312 g/mol. The summed E-state index contributed by atoms with van der Waals surface area (Å²) in [5.74, 6) is 1.99. The number of rotatable bonds is 6. The largest absolute Gasteiger partial charge is 0.490 e. The maximum Gasteiger partial charge on any atom is 0.193 e. The van der Waals surface area contributed by atoms with Crippen LogP contribution in [0.5, 0.6) is 5.75 Å². The minimum absolute atomic E-state index is 0.0510. The van der Waals surface area contributed by atoms with E-state index in [2.05, 4.69) is 50.0 Å². The minimum atomic E-state index is 0.0510. The molecule has 1 aliphatic heterocycles. The third-order valence-electron chi connectivity index (χ3n) is 4.95. The monoisotopic (exact) mass is 346 g/mol. The van der Waals surface area contributed by atoms with Gasteiger partial charge in [0.15, 0.2) is 5.96 Å². The molecule has 1 heterocycles. The third-order valence-corrected chi connectivity index (χ3v) is 4.95. The topological polar surface area (TPSA) is 40.1 Å². The second kappa shape index (κ2) is 9.09. The minimum Gasteiger partial charge on any atom is -0.490 e. The van der Waals surface area contributed by atoms with Gasteiger partial charge in [0.05, 0.1) is 6.54 Å². The van der Waals surface area contributed by atoms with E-state index in [0.717, 1.165) is 50.7 Å². The summed E-state index contributed by atoms with van der Waals surface area (Å²) in [7, 11) is 4.21. The molecule has 5 heteroatoms. The van der Waals surface area contributed by atoms with Gasteiger partial charge in [-0.3, -0.25) is 4.99 Å². The molecule has 0 atom stereocenters. The number of guanidine groups is 1. The highest BCUT2D eigenvalue weighted by molar-refractivity contribution is 5.80. The molecule has 0 aromatic heterocycles. The average molecular weight is 347 g/mol. The Morgan fingerprint density at radius 1 is 1.24 bits per heavy atom. The number of likely N-dealkylation sites (N-methyl/N-ethyl adjacent to an activating group) is 1. The van der Waals surface area contributed by atoms with Crippen LogP contribution >= 0.6 is 0 Å². The van der Waals surface area contributed by atoms with Crippen molar-refractivity contribution in [2.45, 2.75) is 45.3 Å². The summed E-state index contributed by atoms with van der Waals surface area (Å²) in [6.07, 6.45) is 2.34. The summed E-state index contributed by atoms with van der Waals surface area (Å²) in [6, 6.07) is 10.1. The fourth-order valence-corrected chi connectivity index (χ4v) is 2.71.